The van der Waals surface area contributed by atoms with Gasteiger partial charge >= 0.3 is 0 Å². The largest absolute Gasteiger partial charge is 0.381 e. The number of carbonyl (C=O) groups excluding carboxylic acids is 1. The van der Waals surface area contributed by atoms with Crippen LogP contribution in [-0.2, 0) is 16.0 Å². The van der Waals surface area contributed by atoms with Crippen molar-refractivity contribution in [2.24, 2.45) is 5.92 Å². The van der Waals surface area contributed by atoms with Gasteiger partial charge in [0, 0.05) is 31.4 Å². The van der Waals surface area contributed by atoms with E-state index in [2.05, 4.69) is 0 Å². The van der Waals surface area contributed by atoms with Crippen LogP contribution in [0.15, 0.2) is 18.2 Å². The fourth-order valence-corrected chi connectivity index (χ4v) is 2.96. The lowest BCUT2D eigenvalue weighted by atomic mass is 9.95. The molecule has 1 saturated heterocycles. The van der Waals surface area contributed by atoms with E-state index < -0.39 is 0 Å². The van der Waals surface area contributed by atoms with Gasteiger partial charge in [0.25, 0.3) is 0 Å². The van der Waals surface area contributed by atoms with E-state index in [0.29, 0.717) is 13.2 Å². The van der Waals surface area contributed by atoms with E-state index in [-0.39, 0.29) is 17.6 Å². The van der Waals surface area contributed by atoms with Crippen molar-refractivity contribution in [3.05, 3.63) is 29.6 Å². The second-order valence-corrected chi connectivity index (χ2v) is 5.25. The van der Waals surface area contributed by atoms with Gasteiger partial charge in [0.15, 0.2) is 0 Å². The number of halogens is 1. The fraction of sp³-hybridized carbons (Fsp3) is 0.533. The van der Waals surface area contributed by atoms with Crippen LogP contribution in [0.1, 0.15) is 24.8 Å². The molecule has 2 aliphatic heterocycles. The van der Waals surface area contributed by atoms with Crippen LogP contribution >= 0.6 is 0 Å². The Labute approximate surface area is 112 Å². The first-order chi connectivity index (χ1) is 9.25. The molecule has 1 fully saturated rings. The summed E-state index contributed by atoms with van der Waals surface area (Å²) >= 11 is 0. The van der Waals surface area contributed by atoms with E-state index in [1.54, 1.807) is 12.1 Å². The first-order valence-corrected chi connectivity index (χ1v) is 6.93. The van der Waals surface area contributed by atoms with Crippen molar-refractivity contribution in [2.75, 3.05) is 24.7 Å². The fourth-order valence-electron chi connectivity index (χ4n) is 2.96. The van der Waals surface area contributed by atoms with Crippen molar-refractivity contribution >= 4 is 11.6 Å². The molecule has 1 amide bonds. The highest BCUT2D eigenvalue weighted by Crippen LogP contribution is 2.30. The number of carbonyl (C=O) groups is 1. The number of hydrogen-bond acceptors (Lipinski definition) is 2. The summed E-state index contributed by atoms with van der Waals surface area (Å²) in [6.45, 7) is 2.08. The SMILES string of the molecule is O=C(C1CCOCC1)N1CCCc2cc(F)ccc21. The molecule has 3 nitrogen and oxygen atoms in total. The monoisotopic (exact) mass is 263 g/mol. The quantitative estimate of drug-likeness (QED) is 0.779. The number of nitrogens with zero attached hydrogens (tertiary/aromatic N) is 1. The van der Waals surface area contributed by atoms with Crippen molar-refractivity contribution < 1.29 is 13.9 Å². The van der Waals surface area contributed by atoms with Crippen LogP contribution in [0, 0.1) is 11.7 Å². The average molecular weight is 263 g/mol. The first kappa shape index (κ1) is 12.6. The van der Waals surface area contributed by atoms with Gasteiger partial charge in [-0.1, -0.05) is 0 Å². The molecule has 3 rings (SSSR count). The second kappa shape index (κ2) is 5.29. The summed E-state index contributed by atoms with van der Waals surface area (Å²) in [6, 6.07) is 4.73. The number of ether oxygens (including phenoxy) is 1. The predicted octanol–water partition coefficient (Wildman–Crippen LogP) is 2.53. The zero-order valence-electron chi connectivity index (χ0n) is 10.9. The third kappa shape index (κ3) is 2.50. The van der Waals surface area contributed by atoms with Gasteiger partial charge in [-0.05, 0) is 49.4 Å². The Morgan fingerprint density at radius 1 is 1.32 bits per heavy atom. The molecule has 0 atom stereocenters. The second-order valence-electron chi connectivity index (χ2n) is 5.25. The molecule has 1 aromatic carbocycles. The predicted molar refractivity (Wildman–Crippen MR) is 70.6 cm³/mol. The van der Waals surface area contributed by atoms with Gasteiger partial charge in [-0.15, -0.1) is 0 Å². The minimum atomic E-state index is -0.223. The van der Waals surface area contributed by atoms with Crippen molar-refractivity contribution in [1.82, 2.24) is 0 Å². The van der Waals surface area contributed by atoms with Crippen molar-refractivity contribution in [3.63, 3.8) is 0 Å². The average Bonchev–Trinajstić information content (AvgIpc) is 2.46. The van der Waals surface area contributed by atoms with Crippen LogP contribution in [-0.4, -0.2) is 25.7 Å². The summed E-state index contributed by atoms with van der Waals surface area (Å²) in [6.07, 6.45) is 3.35. The highest BCUT2D eigenvalue weighted by atomic mass is 19.1. The molecule has 0 saturated carbocycles. The molecular weight excluding hydrogens is 245 g/mol. The highest BCUT2D eigenvalue weighted by Gasteiger charge is 2.29. The number of amides is 1. The Bertz CT molecular complexity index is 483. The number of rotatable bonds is 1. The van der Waals surface area contributed by atoms with Crippen molar-refractivity contribution in [2.45, 2.75) is 25.7 Å². The Hall–Kier alpha value is -1.42. The van der Waals surface area contributed by atoms with Crippen LogP contribution in [0.4, 0.5) is 10.1 Å². The molecule has 2 heterocycles. The van der Waals surface area contributed by atoms with Crippen LogP contribution in [0.25, 0.3) is 0 Å². The molecule has 19 heavy (non-hydrogen) atoms. The lowest BCUT2D eigenvalue weighted by Crippen LogP contribution is -2.41. The molecule has 0 unspecified atom stereocenters. The van der Waals surface area contributed by atoms with Crippen LogP contribution in [0.3, 0.4) is 0 Å². The van der Waals surface area contributed by atoms with E-state index in [4.69, 9.17) is 4.74 Å². The molecule has 1 aromatic rings. The minimum Gasteiger partial charge on any atom is -0.381 e. The summed E-state index contributed by atoms with van der Waals surface area (Å²) < 4.78 is 18.6. The Kier molecular flexibility index (Phi) is 3.51. The normalized spacial score (nSPS) is 20.2. The third-order valence-corrected chi connectivity index (χ3v) is 4.00. The molecule has 0 bridgehead atoms. The van der Waals surface area contributed by atoms with Crippen LogP contribution < -0.4 is 4.90 Å². The maximum Gasteiger partial charge on any atom is 0.230 e. The van der Waals surface area contributed by atoms with Gasteiger partial charge in [0.2, 0.25) is 5.91 Å². The molecule has 2 aliphatic rings. The van der Waals surface area contributed by atoms with E-state index in [0.717, 1.165) is 43.5 Å². The number of hydrogen-bond donors (Lipinski definition) is 0. The topological polar surface area (TPSA) is 29.5 Å². The molecule has 0 aromatic heterocycles. The van der Waals surface area contributed by atoms with Gasteiger partial charge in [-0.2, -0.15) is 0 Å². The molecule has 4 heteroatoms. The van der Waals surface area contributed by atoms with Gasteiger partial charge in [-0.25, -0.2) is 4.39 Å². The zero-order valence-corrected chi connectivity index (χ0v) is 10.9. The van der Waals surface area contributed by atoms with Crippen LogP contribution in [0.2, 0.25) is 0 Å². The Morgan fingerprint density at radius 3 is 2.89 bits per heavy atom. The number of aryl methyl sites for hydroxylation is 1. The molecule has 0 spiro atoms. The van der Waals surface area contributed by atoms with E-state index in [1.807, 2.05) is 4.90 Å². The first-order valence-electron chi connectivity index (χ1n) is 6.93. The minimum absolute atomic E-state index is 0.0600. The van der Waals surface area contributed by atoms with Crippen molar-refractivity contribution in [1.29, 1.82) is 0 Å². The number of benzene rings is 1. The molecule has 102 valence electrons. The maximum atomic E-state index is 13.3. The molecule has 0 aliphatic carbocycles. The smallest absolute Gasteiger partial charge is 0.230 e. The highest BCUT2D eigenvalue weighted by molar-refractivity contribution is 5.96. The standard InChI is InChI=1S/C15H18FNO2/c16-13-3-4-14-12(10-13)2-1-7-17(14)15(18)11-5-8-19-9-6-11/h3-4,10-11H,1-2,5-9H2. The van der Waals surface area contributed by atoms with E-state index in [1.165, 1.54) is 6.07 Å². The zero-order chi connectivity index (χ0) is 13.2. The van der Waals surface area contributed by atoms with Gasteiger partial charge in [0.05, 0.1) is 0 Å². The number of anilines is 1. The number of fused-ring (bicyclic) bond motifs is 1. The molecular formula is C15H18FNO2. The summed E-state index contributed by atoms with van der Waals surface area (Å²) in [5.74, 6) is 0.0136. The molecule has 0 N–H and O–H groups in total. The lowest BCUT2D eigenvalue weighted by molar-refractivity contribution is -0.125. The summed E-state index contributed by atoms with van der Waals surface area (Å²) in [7, 11) is 0. The van der Waals surface area contributed by atoms with Gasteiger partial charge < -0.3 is 9.64 Å². The van der Waals surface area contributed by atoms with Crippen LogP contribution in [0.5, 0.6) is 0 Å². The Balaban J connectivity index is 1.84. The van der Waals surface area contributed by atoms with E-state index >= 15 is 0 Å². The van der Waals surface area contributed by atoms with Crippen molar-refractivity contribution in [3.8, 4) is 0 Å². The Morgan fingerprint density at radius 2 is 2.11 bits per heavy atom. The molecule has 0 radical (unpaired) electrons. The van der Waals surface area contributed by atoms with Gasteiger partial charge in [0.1, 0.15) is 5.82 Å². The van der Waals surface area contributed by atoms with E-state index in [9.17, 15) is 9.18 Å². The summed E-state index contributed by atoms with van der Waals surface area (Å²) in [4.78, 5) is 14.4. The summed E-state index contributed by atoms with van der Waals surface area (Å²) in [5, 5.41) is 0. The lowest BCUT2D eigenvalue weighted by Gasteiger charge is -2.33. The maximum absolute atomic E-state index is 13.3. The van der Waals surface area contributed by atoms with Gasteiger partial charge in [-0.3, -0.25) is 4.79 Å². The third-order valence-electron chi connectivity index (χ3n) is 4.00. The summed E-state index contributed by atoms with van der Waals surface area (Å²) in [5.41, 5.74) is 1.84.